The van der Waals surface area contributed by atoms with E-state index in [1.54, 1.807) is 12.1 Å². The summed E-state index contributed by atoms with van der Waals surface area (Å²) in [5.74, 6) is 0.590. The third-order valence-corrected chi connectivity index (χ3v) is 4.75. The molecule has 1 aromatic carbocycles. The fraction of sp³-hybridized carbons (Fsp3) is 0.647. The standard InChI is InChI=1S/C17H24FNO/c1-2-19-12-17(9-10-20-16(17)14-5-6-14)11-13-3-7-15(18)8-4-13/h3-4,7-8,14,16,19H,2,5-6,9-12H2,1H3. The maximum atomic E-state index is 13.1. The Balaban J connectivity index is 1.79. The number of nitrogens with one attached hydrogen (secondary N) is 1. The first-order chi connectivity index (χ1) is 9.73. The predicted molar refractivity (Wildman–Crippen MR) is 78.2 cm³/mol. The zero-order valence-electron chi connectivity index (χ0n) is 12.2. The normalized spacial score (nSPS) is 29.8. The minimum atomic E-state index is -0.157. The van der Waals surface area contributed by atoms with Gasteiger partial charge in [-0.2, -0.15) is 0 Å². The average molecular weight is 277 g/mol. The van der Waals surface area contributed by atoms with Gasteiger partial charge in [0.2, 0.25) is 0 Å². The summed E-state index contributed by atoms with van der Waals surface area (Å²) >= 11 is 0. The van der Waals surface area contributed by atoms with Crippen molar-refractivity contribution in [2.75, 3.05) is 19.7 Å². The molecule has 0 amide bonds. The summed E-state index contributed by atoms with van der Waals surface area (Å²) in [6.07, 6.45) is 5.09. The van der Waals surface area contributed by atoms with Crippen molar-refractivity contribution in [2.45, 2.75) is 38.7 Å². The average Bonchev–Trinajstić information content (AvgIpc) is 3.21. The number of benzene rings is 1. The van der Waals surface area contributed by atoms with E-state index in [4.69, 9.17) is 4.74 Å². The summed E-state index contributed by atoms with van der Waals surface area (Å²) < 4.78 is 19.1. The van der Waals surface area contributed by atoms with Crippen molar-refractivity contribution in [3.63, 3.8) is 0 Å². The molecule has 0 bridgehead atoms. The lowest BCUT2D eigenvalue weighted by Gasteiger charge is -2.35. The van der Waals surface area contributed by atoms with Gasteiger partial charge in [-0.15, -0.1) is 0 Å². The third-order valence-electron chi connectivity index (χ3n) is 4.75. The molecule has 2 aliphatic rings. The van der Waals surface area contributed by atoms with E-state index in [2.05, 4.69) is 12.2 Å². The van der Waals surface area contributed by atoms with E-state index in [0.29, 0.717) is 6.10 Å². The molecule has 0 spiro atoms. The smallest absolute Gasteiger partial charge is 0.123 e. The molecule has 2 nitrogen and oxygen atoms in total. The van der Waals surface area contributed by atoms with Crippen LogP contribution in [0.4, 0.5) is 4.39 Å². The SMILES string of the molecule is CCNCC1(Cc2ccc(F)cc2)CCOC1C1CC1. The molecule has 1 saturated carbocycles. The van der Waals surface area contributed by atoms with E-state index in [9.17, 15) is 4.39 Å². The Morgan fingerprint density at radius 2 is 2.05 bits per heavy atom. The molecule has 2 atom stereocenters. The molecule has 1 aliphatic carbocycles. The zero-order valence-corrected chi connectivity index (χ0v) is 12.2. The van der Waals surface area contributed by atoms with E-state index >= 15 is 0 Å². The van der Waals surface area contributed by atoms with Crippen molar-refractivity contribution in [1.82, 2.24) is 5.32 Å². The highest BCUT2D eigenvalue weighted by Crippen LogP contribution is 2.49. The highest BCUT2D eigenvalue weighted by molar-refractivity contribution is 5.19. The van der Waals surface area contributed by atoms with E-state index in [1.807, 2.05) is 12.1 Å². The van der Waals surface area contributed by atoms with Crippen molar-refractivity contribution >= 4 is 0 Å². The molecule has 1 N–H and O–H groups in total. The third kappa shape index (κ3) is 2.89. The van der Waals surface area contributed by atoms with E-state index in [1.165, 1.54) is 18.4 Å². The molecule has 1 aliphatic heterocycles. The zero-order chi connectivity index (χ0) is 14.0. The summed E-state index contributed by atoms with van der Waals surface area (Å²) in [6.45, 7) is 5.01. The van der Waals surface area contributed by atoms with Crippen molar-refractivity contribution in [2.24, 2.45) is 11.3 Å². The van der Waals surface area contributed by atoms with Crippen LogP contribution in [0.1, 0.15) is 31.7 Å². The molecule has 3 heteroatoms. The van der Waals surface area contributed by atoms with Gasteiger partial charge in [0.1, 0.15) is 5.82 Å². The number of hydrogen-bond acceptors (Lipinski definition) is 2. The van der Waals surface area contributed by atoms with Gasteiger partial charge in [-0.3, -0.25) is 0 Å². The highest BCUT2D eigenvalue weighted by Gasteiger charge is 2.50. The molecule has 0 radical (unpaired) electrons. The minimum Gasteiger partial charge on any atom is -0.377 e. The molecular weight excluding hydrogens is 253 g/mol. The van der Waals surface area contributed by atoms with E-state index in [0.717, 1.165) is 38.5 Å². The number of hydrogen-bond donors (Lipinski definition) is 1. The van der Waals surface area contributed by atoms with E-state index < -0.39 is 0 Å². The molecule has 1 heterocycles. The fourth-order valence-corrected chi connectivity index (χ4v) is 3.57. The van der Waals surface area contributed by atoms with Gasteiger partial charge in [-0.05, 0) is 55.8 Å². The second-order valence-corrected chi connectivity index (χ2v) is 6.32. The summed E-state index contributed by atoms with van der Waals surface area (Å²) in [4.78, 5) is 0. The molecule has 3 rings (SSSR count). The summed E-state index contributed by atoms with van der Waals surface area (Å²) in [7, 11) is 0. The van der Waals surface area contributed by atoms with Crippen LogP contribution in [0.15, 0.2) is 24.3 Å². The molecule has 0 aromatic heterocycles. The quantitative estimate of drug-likeness (QED) is 0.862. The lowest BCUT2D eigenvalue weighted by atomic mass is 9.74. The van der Waals surface area contributed by atoms with Crippen molar-refractivity contribution in [3.05, 3.63) is 35.6 Å². The first kappa shape index (κ1) is 14.0. The lowest BCUT2D eigenvalue weighted by Crippen LogP contribution is -2.43. The second-order valence-electron chi connectivity index (χ2n) is 6.32. The van der Waals surface area contributed by atoms with Gasteiger partial charge in [0.25, 0.3) is 0 Å². The predicted octanol–water partition coefficient (Wildman–Crippen LogP) is 3.16. The first-order valence-corrected chi connectivity index (χ1v) is 7.80. The Morgan fingerprint density at radius 3 is 2.70 bits per heavy atom. The molecule has 110 valence electrons. The van der Waals surface area contributed by atoms with Crippen molar-refractivity contribution < 1.29 is 9.13 Å². The van der Waals surface area contributed by atoms with Crippen LogP contribution in [0, 0.1) is 17.2 Å². The van der Waals surface area contributed by atoms with Gasteiger partial charge in [0.05, 0.1) is 6.10 Å². The van der Waals surface area contributed by atoms with Gasteiger partial charge in [-0.1, -0.05) is 19.1 Å². The molecular formula is C17H24FNO. The van der Waals surface area contributed by atoms with Crippen LogP contribution in [-0.4, -0.2) is 25.8 Å². The maximum Gasteiger partial charge on any atom is 0.123 e. The molecule has 1 aromatic rings. The van der Waals surface area contributed by atoms with Crippen LogP contribution in [0.5, 0.6) is 0 Å². The Kier molecular flexibility index (Phi) is 4.08. The van der Waals surface area contributed by atoms with Gasteiger partial charge in [-0.25, -0.2) is 4.39 Å². The minimum absolute atomic E-state index is 0.157. The molecule has 1 saturated heterocycles. The van der Waals surface area contributed by atoms with Crippen molar-refractivity contribution in [3.8, 4) is 0 Å². The summed E-state index contributed by atoms with van der Waals surface area (Å²) in [5.41, 5.74) is 1.41. The number of halogens is 1. The monoisotopic (exact) mass is 277 g/mol. The fourth-order valence-electron chi connectivity index (χ4n) is 3.57. The van der Waals surface area contributed by atoms with Crippen LogP contribution in [0.25, 0.3) is 0 Å². The van der Waals surface area contributed by atoms with Crippen LogP contribution in [0.3, 0.4) is 0 Å². The first-order valence-electron chi connectivity index (χ1n) is 7.80. The lowest BCUT2D eigenvalue weighted by molar-refractivity contribution is 0.0308. The molecule has 2 fully saturated rings. The van der Waals surface area contributed by atoms with Crippen molar-refractivity contribution in [1.29, 1.82) is 0 Å². The van der Waals surface area contributed by atoms with Gasteiger partial charge in [0.15, 0.2) is 0 Å². The van der Waals surface area contributed by atoms with Crippen LogP contribution >= 0.6 is 0 Å². The number of rotatable bonds is 6. The Bertz CT molecular complexity index is 443. The molecule has 20 heavy (non-hydrogen) atoms. The van der Waals surface area contributed by atoms with Crippen LogP contribution in [-0.2, 0) is 11.2 Å². The van der Waals surface area contributed by atoms with Gasteiger partial charge in [0, 0.05) is 18.6 Å². The summed E-state index contributed by atoms with van der Waals surface area (Å²) in [5, 5.41) is 3.52. The maximum absolute atomic E-state index is 13.1. The summed E-state index contributed by atoms with van der Waals surface area (Å²) in [6, 6.07) is 6.98. The highest BCUT2D eigenvalue weighted by atomic mass is 19.1. The van der Waals surface area contributed by atoms with E-state index in [-0.39, 0.29) is 11.2 Å². The molecule has 2 unspecified atom stereocenters. The van der Waals surface area contributed by atoms with Crippen LogP contribution in [0.2, 0.25) is 0 Å². The van der Waals surface area contributed by atoms with Gasteiger partial charge >= 0.3 is 0 Å². The van der Waals surface area contributed by atoms with Gasteiger partial charge < -0.3 is 10.1 Å². The van der Waals surface area contributed by atoms with Crippen LogP contribution < -0.4 is 5.32 Å². The topological polar surface area (TPSA) is 21.3 Å². The Morgan fingerprint density at radius 1 is 1.30 bits per heavy atom. The Hall–Kier alpha value is -0.930. The largest absolute Gasteiger partial charge is 0.377 e. The Labute approximate surface area is 120 Å². The number of ether oxygens (including phenoxy) is 1. The second kappa shape index (κ2) is 5.82.